The minimum Gasteiger partial charge on any atom is -0.497 e. The number of nitrogens with one attached hydrogen (secondary N) is 1. The maximum absolute atomic E-state index is 13.5. The maximum Gasteiger partial charge on any atom is 0.289 e. The molecular weight excluding hydrogens is 553 g/mol. The van der Waals surface area contributed by atoms with Gasteiger partial charge in [0.15, 0.2) is 0 Å². The van der Waals surface area contributed by atoms with Crippen LogP contribution in [0.2, 0.25) is 15.1 Å². The van der Waals surface area contributed by atoms with E-state index in [2.05, 4.69) is 5.32 Å². The molecule has 0 aliphatic heterocycles. The third kappa shape index (κ3) is 6.58. The normalized spacial score (nSPS) is 11.1. The smallest absolute Gasteiger partial charge is 0.289 e. The van der Waals surface area contributed by atoms with Crippen molar-refractivity contribution in [1.29, 1.82) is 0 Å². The second kappa shape index (κ2) is 11.8. The summed E-state index contributed by atoms with van der Waals surface area (Å²) in [4.78, 5) is 22.9. The van der Waals surface area contributed by atoms with E-state index in [1.54, 1.807) is 18.2 Å². The van der Waals surface area contributed by atoms with Gasteiger partial charge in [-0.15, -0.1) is 0 Å². The largest absolute Gasteiger partial charge is 0.497 e. The molecule has 3 rings (SSSR count). The number of amides is 1. The molecule has 3 aromatic carbocycles. The Hall–Kier alpha value is -3.05. The fourth-order valence-electron chi connectivity index (χ4n) is 3.23. The van der Waals surface area contributed by atoms with Crippen LogP contribution < -0.4 is 14.4 Å². The Morgan fingerprint density at radius 3 is 2.33 bits per heavy atom. The van der Waals surface area contributed by atoms with Crippen LogP contribution >= 0.6 is 34.8 Å². The highest BCUT2D eigenvalue weighted by Crippen LogP contribution is 2.31. The number of nitro benzene ring substituents is 1. The summed E-state index contributed by atoms with van der Waals surface area (Å²) in [6.45, 7) is -0.400. The van der Waals surface area contributed by atoms with Crippen LogP contribution in [0.3, 0.4) is 0 Å². The van der Waals surface area contributed by atoms with Crippen molar-refractivity contribution in [2.75, 3.05) is 24.5 Å². The quantitative estimate of drug-likeness (QED) is 0.266. The topological polar surface area (TPSA) is 119 Å². The first-order valence-electron chi connectivity index (χ1n) is 10.3. The SMILES string of the molecule is COc1ccc(N(CC(=O)NCCc2ccc(Cl)cc2Cl)S(=O)(=O)c2ccc(Cl)c([N+](=O)[O-])c2)cc1. The standard InChI is InChI=1S/C23H20Cl3N3O6S/c1-35-18-6-4-17(5-7-18)28(36(33,34)19-8-9-20(25)22(13-19)29(31)32)14-23(30)27-11-10-15-2-3-16(24)12-21(15)26/h2-9,12-13H,10-11,14H2,1H3,(H,27,30). The van der Waals surface area contributed by atoms with Crippen molar-refractivity contribution in [2.24, 2.45) is 0 Å². The van der Waals surface area contributed by atoms with Crippen molar-refractivity contribution >= 4 is 62.1 Å². The number of hydrogen-bond donors (Lipinski definition) is 1. The van der Waals surface area contributed by atoms with Crippen molar-refractivity contribution in [2.45, 2.75) is 11.3 Å². The molecule has 36 heavy (non-hydrogen) atoms. The van der Waals surface area contributed by atoms with E-state index in [1.807, 2.05) is 0 Å². The van der Waals surface area contributed by atoms with E-state index >= 15 is 0 Å². The third-order valence-electron chi connectivity index (χ3n) is 5.08. The van der Waals surface area contributed by atoms with Crippen molar-refractivity contribution in [1.82, 2.24) is 5.32 Å². The summed E-state index contributed by atoms with van der Waals surface area (Å²) >= 11 is 17.9. The molecule has 0 fully saturated rings. The number of nitrogens with zero attached hydrogens (tertiary/aromatic N) is 2. The first-order chi connectivity index (χ1) is 17.0. The zero-order valence-electron chi connectivity index (χ0n) is 18.8. The van der Waals surface area contributed by atoms with Crippen LogP contribution in [0.1, 0.15) is 5.56 Å². The average Bonchev–Trinajstić information content (AvgIpc) is 2.84. The molecule has 1 N–H and O–H groups in total. The first kappa shape index (κ1) is 27.5. The second-order valence-electron chi connectivity index (χ2n) is 7.42. The van der Waals surface area contributed by atoms with Gasteiger partial charge in [0.05, 0.1) is 22.6 Å². The number of anilines is 1. The van der Waals surface area contributed by atoms with Crippen LogP contribution in [-0.2, 0) is 21.2 Å². The van der Waals surface area contributed by atoms with Gasteiger partial charge in [0.25, 0.3) is 15.7 Å². The number of nitro groups is 1. The summed E-state index contributed by atoms with van der Waals surface area (Å²) in [5.41, 5.74) is 0.343. The monoisotopic (exact) mass is 571 g/mol. The number of rotatable bonds is 10. The number of methoxy groups -OCH3 is 1. The van der Waals surface area contributed by atoms with Gasteiger partial charge in [0, 0.05) is 22.7 Å². The number of sulfonamides is 1. The molecule has 190 valence electrons. The van der Waals surface area contributed by atoms with Crippen molar-refractivity contribution < 1.29 is 22.9 Å². The van der Waals surface area contributed by atoms with Gasteiger partial charge in [-0.05, 0) is 60.5 Å². The molecule has 0 aliphatic carbocycles. The second-order valence-corrected chi connectivity index (χ2v) is 10.5. The van der Waals surface area contributed by atoms with Crippen molar-refractivity contribution in [3.05, 3.63) is 91.4 Å². The van der Waals surface area contributed by atoms with Crippen LogP contribution in [0, 0.1) is 10.1 Å². The molecule has 0 unspecified atom stereocenters. The highest BCUT2D eigenvalue weighted by molar-refractivity contribution is 7.92. The summed E-state index contributed by atoms with van der Waals surface area (Å²) < 4.78 is 33.0. The lowest BCUT2D eigenvalue weighted by Crippen LogP contribution is -2.41. The minimum atomic E-state index is -4.40. The molecule has 13 heteroatoms. The summed E-state index contributed by atoms with van der Waals surface area (Å²) in [6.07, 6.45) is 0.389. The number of carbonyl (C=O) groups excluding carboxylic acids is 1. The molecule has 1 amide bonds. The van der Waals surface area contributed by atoms with Crippen LogP contribution in [0.5, 0.6) is 5.75 Å². The van der Waals surface area contributed by atoms with Gasteiger partial charge in [-0.1, -0.05) is 40.9 Å². The number of benzene rings is 3. The van der Waals surface area contributed by atoms with Crippen molar-refractivity contribution in [3.63, 3.8) is 0 Å². The van der Waals surface area contributed by atoms with Gasteiger partial charge in [0.1, 0.15) is 17.3 Å². The highest BCUT2D eigenvalue weighted by atomic mass is 35.5. The molecule has 0 spiro atoms. The van der Waals surface area contributed by atoms with Crippen LogP contribution in [-0.4, -0.2) is 39.4 Å². The fourth-order valence-corrected chi connectivity index (χ4v) is 5.36. The fraction of sp³-hybridized carbons (Fsp3) is 0.174. The third-order valence-corrected chi connectivity index (χ3v) is 7.76. The van der Waals surface area contributed by atoms with Gasteiger partial charge in [-0.25, -0.2) is 8.42 Å². The van der Waals surface area contributed by atoms with Gasteiger partial charge in [-0.3, -0.25) is 19.2 Å². The van der Waals surface area contributed by atoms with E-state index in [4.69, 9.17) is 39.5 Å². The number of hydrogen-bond acceptors (Lipinski definition) is 6. The van der Waals surface area contributed by atoms with Gasteiger partial charge in [-0.2, -0.15) is 0 Å². The van der Waals surface area contributed by atoms with Crippen LogP contribution in [0.25, 0.3) is 0 Å². The Morgan fingerprint density at radius 1 is 1.03 bits per heavy atom. The molecule has 0 heterocycles. The van der Waals surface area contributed by atoms with E-state index in [0.717, 1.165) is 28.1 Å². The summed E-state index contributed by atoms with van der Waals surface area (Å²) in [6, 6.07) is 14.1. The molecule has 0 bridgehead atoms. The lowest BCUT2D eigenvalue weighted by Gasteiger charge is -2.24. The van der Waals surface area contributed by atoms with Gasteiger partial charge in [0.2, 0.25) is 5.91 Å². The number of carbonyl (C=O) groups is 1. The zero-order chi connectivity index (χ0) is 26.5. The molecular formula is C23H20Cl3N3O6S. The molecule has 0 radical (unpaired) electrons. The molecule has 3 aromatic rings. The molecule has 0 saturated carbocycles. The predicted molar refractivity (Wildman–Crippen MR) is 139 cm³/mol. The Morgan fingerprint density at radius 2 is 1.72 bits per heavy atom. The minimum absolute atomic E-state index is 0.157. The van der Waals surface area contributed by atoms with E-state index < -0.39 is 38.0 Å². The molecule has 0 atom stereocenters. The Kier molecular flexibility index (Phi) is 9.02. The summed E-state index contributed by atoms with van der Waals surface area (Å²) in [7, 11) is -2.94. The highest BCUT2D eigenvalue weighted by Gasteiger charge is 2.29. The van der Waals surface area contributed by atoms with Gasteiger partial charge < -0.3 is 10.1 Å². The maximum atomic E-state index is 13.5. The molecule has 0 saturated heterocycles. The Balaban J connectivity index is 1.86. The van der Waals surface area contributed by atoms with Crippen molar-refractivity contribution in [3.8, 4) is 5.75 Å². The van der Waals surface area contributed by atoms with E-state index in [1.165, 1.54) is 31.4 Å². The molecule has 0 aromatic heterocycles. The van der Waals surface area contributed by atoms with Crippen LogP contribution in [0.15, 0.2) is 65.6 Å². The molecule has 0 aliphatic rings. The average molecular weight is 573 g/mol. The summed E-state index contributed by atoms with van der Waals surface area (Å²) in [5, 5.41) is 14.7. The number of ether oxygens (including phenoxy) is 1. The summed E-state index contributed by atoms with van der Waals surface area (Å²) in [5.74, 6) is -0.120. The molecule has 9 nitrogen and oxygen atoms in total. The Bertz CT molecular complexity index is 1380. The number of halogens is 3. The van der Waals surface area contributed by atoms with E-state index in [0.29, 0.717) is 22.2 Å². The lowest BCUT2D eigenvalue weighted by atomic mass is 10.1. The Labute approximate surface area is 222 Å². The van der Waals surface area contributed by atoms with E-state index in [9.17, 15) is 23.3 Å². The van der Waals surface area contributed by atoms with Crippen LogP contribution in [0.4, 0.5) is 11.4 Å². The lowest BCUT2D eigenvalue weighted by molar-refractivity contribution is -0.384. The first-order valence-corrected chi connectivity index (χ1v) is 12.9. The van der Waals surface area contributed by atoms with E-state index in [-0.39, 0.29) is 17.3 Å². The van der Waals surface area contributed by atoms with Gasteiger partial charge >= 0.3 is 0 Å². The zero-order valence-corrected chi connectivity index (χ0v) is 21.9. The predicted octanol–water partition coefficient (Wildman–Crippen LogP) is 5.12.